The SMILES string of the molecule is CCCC[P+](C)(CCCC)CCSC. The van der Waals surface area contributed by atoms with Crippen LogP contribution in [0.25, 0.3) is 0 Å². The highest BCUT2D eigenvalue weighted by molar-refractivity contribution is 7.99. The molecule has 0 radical (unpaired) electrons. The van der Waals surface area contributed by atoms with E-state index >= 15 is 0 Å². The standard InChI is InChI=1S/C12H28PS/c1-5-7-9-13(3,10-8-6-2)11-12-14-4/h5-12H2,1-4H3/q+1. The molecule has 0 saturated heterocycles. The van der Waals surface area contributed by atoms with Gasteiger partial charge in [-0.05, 0) is 19.1 Å². The molecule has 0 aromatic carbocycles. The lowest BCUT2D eigenvalue weighted by molar-refractivity contribution is 0.860. The first kappa shape index (κ1) is 14.8. The van der Waals surface area contributed by atoms with Crippen molar-refractivity contribution in [1.29, 1.82) is 0 Å². The van der Waals surface area contributed by atoms with Crippen molar-refractivity contribution in [1.82, 2.24) is 0 Å². The zero-order valence-corrected chi connectivity index (χ0v) is 12.2. The van der Waals surface area contributed by atoms with E-state index in [1.54, 1.807) is 12.3 Å². The van der Waals surface area contributed by atoms with Crippen LogP contribution in [-0.2, 0) is 0 Å². The number of unbranched alkanes of at least 4 members (excludes halogenated alkanes) is 2. The monoisotopic (exact) mass is 235 g/mol. The third-order valence-corrected chi connectivity index (χ3v) is 7.95. The Morgan fingerprint density at radius 1 is 0.929 bits per heavy atom. The molecule has 0 amide bonds. The maximum Gasteiger partial charge on any atom is 0.0682 e. The Labute approximate surface area is 96.0 Å². The van der Waals surface area contributed by atoms with Crippen molar-refractivity contribution in [2.45, 2.75) is 39.5 Å². The lowest BCUT2D eigenvalue weighted by Crippen LogP contribution is -2.08. The summed E-state index contributed by atoms with van der Waals surface area (Å²) in [7, 11) is -0.540. The molecule has 0 rings (SSSR count). The van der Waals surface area contributed by atoms with Crippen molar-refractivity contribution in [3.05, 3.63) is 0 Å². The molecule has 0 nitrogen and oxygen atoms in total. The molecule has 0 saturated carbocycles. The minimum absolute atomic E-state index is 0.540. The first-order valence-electron chi connectivity index (χ1n) is 6.01. The van der Waals surface area contributed by atoms with Crippen LogP contribution in [0.3, 0.4) is 0 Å². The Hall–Kier alpha value is 0.780. The van der Waals surface area contributed by atoms with Crippen molar-refractivity contribution in [2.75, 3.05) is 37.2 Å². The lowest BCUT2D eigenvalue weighted by atomic mass is 10.4. The summed E-state index contributed by atoms with van der Waals surface area (Å²) in [5, 5.41) is 0. The summed E-state index contributed by atoms with van der Waals surface area (Å²) < 4.78 is 0. The van der Waals surface area contributed by atoms with E-state index in [1.807, 2.05) is 11.8 Å². The summed E-state index contributed by atoms with van der Waals surface area (Å²) in [6.45, 7) is 7.24. The summed E-state index contributed by atoms with van der Waals surface area (Å²) in [5.41, 5.74) is 0. The first-order valence-corrected chi connectivity index (χ1v) is 10.2. The van der Waals surface area contributed by atoms with Crippen LogP contribution >= 0.6 is 19.0 Å². The third-order valence-electron chi connectivity index (χ3n) is 2.94. The molecule has 0 aliphatic carbocycles. The Kier molecular flexibility index (Phi) is 9.54. The van der Waals surface area contributed by atoms with Crippen LogP contribution in [0.4, 0.5) is 0 Å². The normalized spacial score (nSPS) is 12.0. The second kappa shape index (κ2) is 9.04. The fourth-order valence-electron chi connectivity index (χ4n) is 1.73. The Bertz CT molecular complexity index is 104. The zero-order chi connectivity index (χ0) is 10.9. The zero-order valence-electron chi connectivity index (χ0n) is 10.5. The molecule has 0 heterocycles. The van der Waals surface area contributed by atoms with Gasteiger partial charge in [-0.25, -0.2) is 0 Å². The minimum atomic E-state index is -0.540. The molecule has 2 heteroatoms. The number of hydrogen-bond acceptors (Lipinski definition) is 1. The van der Waals surface area contributed by atoms with Gasteiger partial charge in [0.05, 0.1) is 18.5 Å². The van der Waals surface area contributed by atoms with Crippen LogP contribution in [-0.4, -0.2) is 37.2 Å². The van der Waals surface area contributed by atoms with Crippen molar-refractivity contribution in [3.63, 3.8) is 0 Å². The van der Waals surface area contributed by atoms with Crippen molar-refractivity contribution in [3.8, 4) is 0 Å². The Morgan fingerprint density at radius 2 is 1.43 bits per heavy atom. The van der Waals surface area contributed by atoms with Gasteiger partial charge in [0.1, 0.15) is 0 Å². The fourth-order valence-corrected chi connectivity index (χ4v) is 7.05. The van der Waals surface area contributed by atoms with Gasteiger partial charge in [-0.3, -0.25) is 0 Å². The highest BCUT2D eigenvalue weighted by atomic mass is 32.2. The van der Waals surface area contributed by atoms with Gasteiger partial charge >= 0.3 is 0 Å². The van der Waals surface area contributed by atoms with Gasteiger partial charge in [0.2, 0.25) is 0 Å². The number of thioether (sulfide) groups is 1. The van der Waals surface area contributed by atoms with E-state index in [4.69, 9.17) is 0 Å². The van der Waals surface area contributed by atoms with Crippen LogP contribution in [0.1, 0.15) is 39.5 Å². The van der Waals surface area contributed by atoms with Crippen LogP contribution in [0.2, 0.25) is 0 Å². The van der Waals surface area contributed by atoms with E-state index in [0.717, 1.165) is 0 Å². The highest BCUT2D eigenvalue weighted by Gasteiger charge is 2.28. The van der Waals surface area contributed by atoms with Crippen LogP contribution < -0.4 is 0 Å². The average molecular weight is 235 g/mol. The second-order valence-electron chi connectivity index (χ2n) is 4.49. The molecule has 0 aromatic rings. The largest absolute Gasteiger partial charge is 0.162 e. The van der Waals surface area contributed by atoms with Gasteiger partial charge in [0.25, 0.3) is 0 Å². The van der Waals surface area contributed by atoms with Crippen LogP contribution in [0.15, 0.2) is 0 Å². The lowest BCUT2D eigenvalue weighted by Gasteiger charge is -2.22. The van der Waals surface area contributed by atoms with Gasteiger partial charge < -0.3 is 0 Å². The van der Waals surface area contributed by atoms with Crippen molar-refractivity contribution in [2.24, 2.45) is 0 Å². The van der Waals surface area contributed by atoms with Crippen LogP contribution in [0, 0.1) is 0 Å². The topological polar surface area (TPSA) is 0 Å². The van der Waals surface area contributed by atoms with E-state index in [-0.39, 0.29) is 0 Å². The molecule has 0 fully saturated rings. The van der Waals surface area contributed by atoms with E-state index in [9.17, 15) is 0 Å². The summed E-state index contributed by atoms with van der Waals surface area (Å²) in [6.07, 6.45) is 12.5. The Balaban J connectivity index is 3.89. The molecular formula is C12H28PS+. The van der Waals surface area contributed by atoms with E-state index < -0.39 is 7.26 Å². The molecule has 0 aliphatic heterocycles. The van der Waals surface area contributed by atoms with Gasteiger partial charge in [-0.2, -0.15) is 11.8 Å². The predicted molar refractivity (Wildman–Crippen MR) is 75.6 cm³/mol. The summed E-state index contributed by atoms with van der Waals surface area (Å²) in [5.74, 6) is 1.39. The fraction of sp³-hybridized carbons (Fsp3) is 1.00. The smallest absolute Gasteiger partial charge is 0.0682 e. The summed E-state index contributed by atoms with van der Waals surface area (Å²) >= 11 is 2.02. The first-order chi connectivity index (χ1) is 6.68. The third kappa shape index (κ3) is 7.12. The maximum absolute atomic E-state index is 2.61. The van der Waals surface area contributed by atoms with Gasteiger partial charge in [0, 0.05) is 19.7 Å². The highest BCUT2D eigenvalue weighted by Crippen LogP contribution is 2.56. The number of rotatable bonds is 9. The molecular weight excluding hydrogens is 207 g/mol. The van der Waals surface area contributed by atoms with Gasteiger partial charge in [0.15, 0.2) is 0 Å². The molecule has 0 N–H and O–H groups in total. The predicted octanol–water partition coefficient (Wildman–Crippen LogP) is 4.60. The molecule has 14 heavy (non-hydrogen) atoms. The minimum Gasteiger partial charge on any atom is -0.162 e. The molecule has 0 aromatic heterocycles. The summed E-state index contributed by atoms with van der Waals surface area (Å²) in [6, 6.07) is 0. The maximum atomic E-state index is 2.61. The molecule has 0 aliphatic rings. The van der Waals surface area contributed by atoms with Crippen molar-refractivity contribution < 1.29 is 0 Å². The molecule has 0 spiro atoms. The van der Waals surface area contributed by atoms with Crippen molar-refractivity contribution >= 4 is 19.0 Å². The van der Waals surface area contributed by atoms with Gasteiger partial charge in [-0.1, -0.05) is 26.7 Å². The Morgan fingerprint density at radius 3 is 1.79 bits per heavy atom. The second-order valence-corrected chi connectivity index (χ2v) is 10.1. The van der Waals surface area contributed by atoms with E-state index in [1.165, 1.54) is 37.6 Å². The molecule has 86 valence electrons. The average Bonchev–Trinajstić information content (AvgIpc) is 2.21. The van der Waals surface area contributed by atoms with Gasteiger partial charge in [-0.15, -0.1) is 0 Å². The quantitative estimate of drug-likeness (QED) is 0.526. The molecule has 0 unspecified atom stereocenters. The molecule has 0 atom stereocenters. The van der Waals surface area contributed by atoms with Crippen LogP contribution in [0.5, 0.6) is 0 Å². The van der Waals surface area contributed by atoms with E-state index in [2.05, 4.69) is 26.8 Å². The molecule has 0 bridgehead atoms. The summed E-state index contributed by atoms with van der Waals surface area (Å²) in [4.78, 5) is 0. The number of hydrogen-bond donors (Lipinski definition) is 0. The van der Waals surface area contributed by atoms with E-state index in [0.29, 0.717) is 0 Å².